The van der Waals surface area contributed by atoms with Crippen LogP contribution in [0, 0.1) is 38.5 Å². The number of benzene rings is 6. The van der Waals surface area contributed by atoms with Gasteiger partial charge < -0.3 is 62.6 Å². The van der Waals surface area contributed by atoms with Gasteiger partial charge in [0.05, 0.1) is 65.7 Å². The second kappa shape index (κ2) is 22.9. The topological polar surface area (TPSA) is 58.9 Å². The molecular formula is C62H76Br2N2O4. The molecule has 6 saturated heterocycles. The van der Waals surface area contributed by atoms with Gasteiger partial charge in [-0.15, -0.1) is 0 Å². The van der Waals surface area contributed by atoms with Crippen LogP contribution in [0.2, 0.25) is 0 Å². The lowest BCUT2D eigenvalue weighted by Crippen LogP contribution is -3.00. The number of nitrogens with zero attached hydrogens (tertiary/aromatic N) is 2. The van der Waals surface area contributed by atoms with Gasteiger partial charge in [-0.2, -0.15) is 0 Å². The second-order valence-corrected chi connectivity index (χ2v) is 21.5. The molecule has 6 fully saturated rings. The molecule has 12 rings (SSSR count). The summed E-state index contributed by atoms with van der Waals surface area (Å²) < 4.78 is 14.4. The Bertz CT molecular complexity index is 2300. The Kier molecular flexibility index (Phi) is 17.6. The van der Waals surface area contributed by atoms with Crippen molar-refractivity contribution in [2.45, 2.75) is 90.6 Å². The summed E-state index contributed by atoms with van der Waals surface area (Å²) in [4.78, 5) is 0. The largest absolute Gasteiger partial charge is 1.00 e. The Morgan fingerprint density at radius 1 is 0.400 bits per heavy atom. The summed E-state index contributed by atoms with van der Waals surface area (Å²) >= 11 is 0. The molecule has 0 spiro atoms. The number of aliphatic hydroxyl groups is 2. The van der Waals surface area contributed by atoms with Crippen LogP contribution in [-0.4, -0.2) is 84.8 Å². The molecule has 8 heteroatoms. The zero-order valence-corrected chi connectivity index (χ0v) is 45.3. The molecule has 0 aromatic heterocycles. The molecule has 2 N–H and O–H groups in total. The van der Waals surface area contributed by atoms with Crippen molar-refractivity contribution in [3.63, 3.8) is 0 Å². The van der Waals surface area contributed by atoms with Crippen LogP contribution < -0.4 is 34.0 Å². The van der Waals surface area contributed by atoms with E-state index < -0.39 is 11.2 Å². The van der Waals surface area contributed by atoms with E-state index in [4.69, 9.17) is 9.47 Å². The van der Waals surface area contributed by atoms with Gasteiger partial charge in [-0.3, -0.25) is 0 Å². The molecule has 6 aliphatic heterocycles. The molecule has 0 aliphatic carbocycles. The number of piperidine rings is 6. The highest BCUT2D eigenvalue weighted by Crippen LogP contribution is 2.59. The van der Waals surface area contributed by atoms with Gasteiger partial charge in [-0.25, -0.2) is 0 Å². The first-order chi connectivity index (χ1) is 32.9. The standard InChI is InChI=1S/2C31H38NO2.2BrH/c2*1-25-8-6-12-28(22-25)31(33,29-13-7-9-26(2)23-29)30-14-17-32(18-15-30,19-16-30)20-21-34-24-27-10-4-3-5-11-27;;/h2*3-13,22-23,33H,14-21,24H2,1-2H3;2*1H/q2*+1;;/p-2. The highest BCUT2D eigenvalue weighted by Gasteiger charge is 2.61. The Balaban J connectivity index is 0.000000201. The average molecular weight is 1070 g/mol. The lowest BCUT2D eigenvalue weighted by atomic mass is 9.56. The maximum atomic E-state index is 12.7. The fraction of sp³-hybridized carbons (Fsp3) is 0.419. The fourth-order valence-corrected chi connectivity index (χ4v) is 13.0. The van der Waals surface area contributed by atoms with E-state index >= 15 is 0 Å². The van der Waals surface area contributed by atoms with Crippen LogP contribution in [0.25, 0.3) is 0 Å². The van der Waals surface area contributed by atoms with Crippen LogP contribution >= 0.6 is 0 Å². The van der Waals surface area contributed by atoms with Crippen molar-refractivity contribution in [3.05, 3.63) is 213 Å². The van der Waals surface area contributed by atoms with Gasteiger partial charge in [-0.1, -0.05) is 180 Å². The number of hydrogen-bond acceptors (Lipinski definition) is 4. The highest BCUT2D eigenvalue weighted by atomic mass is 79.9. The monoisotopic (exact) mass is 1070 g/mol. The predicted octanol–water partition coefficient (Wildman–Crippen LogP) is 5.52. The highest BCUT2D eigenvalue weighted by molar-refractivity contribution is 5.44. The minimum absolute atomic E-state index is 0. The van der Waals surface area contributed by atoms with E-state index in [0.29, 0.717) is 13.2 Å². The van der Waals surface area contributed by atoms with Crippen molar-refractivity contribution in [3.8, 4) is 0 Å². The van der Waals surface area contributed by atoms with E-state index in [9.17, 15) is 10.2 Å². The van der Waals surface area contributed by atoms with E-state index in [1.165, 1.54) is 33.4 Å². The normalized spacial score (nSPS) is 23.6. The molecule has 0 amide bonds. The van der Waals surface area contributed by atoms with Crippen LogP contribution in [0.1, 0.15) is 94.2 Å². The van der Waals surface area contributed by atoms with Gasteiger partial charge in [0, 0.05) is 49.4 Å². The maximum Gasteiger partial charge on any atom is 0.121 e. The molecule has 372 valence electrons. The Morgan fingerprint density at radius 2 is 0.671 bits per heavy atom. The van der Waals surface area contributed by atoms with Gasteiger partial charge in [0.15, 0.2) is 0 Å². The molecule has 6 aromatic rings. The molecule has 0 unspecified atom stereocenters. The molecule has 6 aliphatic rings. The summed E-state index contributed by atoms with van der Waals surface area (Å²) in [6, 6.07) is 55.0. The van der Waals surface area contributed by atoms with E-state index in [1.54, 1.807) is 0 Å². The minimum Gasteiger partial charge on any atom is -1.00 e. The number of halogens is 2. The van der Waals surface area contributed by atoms with Crippen LogP contribution in [0.15, 0.2) is 158 Å². The minimum atomic E-state index is -0.967. The molecule has 0 atom stereocenters. The molecule has 4 bridgehead atoms. The van der Waals surface area contributed by atoms with E-state index in [2.05, 4.69) is 173 Å². The molecule has 0 saturated carbocycles. The first-order valence-corrected chi connectivity index (χ1v) is 25.6. The van der Waals surface area contributed by atoms with Crippen molar-refractivity contribution in [2.75, 3.05) is 65.6 Å². The number of aryl methyl sites for hydroxylation is 4. The number of hydrogen-bond donors (Lipinski definition) is 2. The zero-order chi connectivity index (χ0) is 47.3. The summed E-state index contributed by atoms with van der Waals surface area (Å²) in [5.41, 5.74) is 9.28. The van der Waals surface area contributed by atoms with Crippen molar-refractivity contribution in [1.29, 1.82) is 0 Å². The zero-order valence-electron chi connectivity index (χ0n) is 42.1. The van der Waals surface area contributed by atoms with Crippen molar-refractivity contribution in [1.82, 2.24) is 0 Å². The summed E-state index contributed by atoms with van der Waals surface area (Å²) in [6.07, 6.45) is 6.27. The lowest BCUT2D eigenvalue weighted by Gasteiger charge is -2.60. The summed E-state index contributed by atoms with van der Waals surface area (Å²) in [5, 5.41) is 25.4. The summed E-state index contributed by atoms with van der Waals surface area (Å²) in [5.74, 6) is 0. The molecule has 6 nitrogen and oxygen atoms in total. The van der Waals surface area contributed by atoms with E-state index in [-0.39, 0.29) is 44.8 Å². The van der Waals surface area contributed by atoms with Crippen LogP contribution in [0.4, 0.5) is 0 Å². The first kappa shape index (κ1) is 53.8. The van der Waals surface area contributed by atoms with Crippen molar-refractivity contribution in [2.24, 2.45) is 10.8 Å². The lowest BCUT2D eigenvalue weighted by molar-refractivity contribution is -0.946. The van der Waals surface area contributed by atoms with E-state index in [1.807, 2.05) is 12.1 Å². The van der Waals surface area contributed by atoms with Gasteiger partial charge in [0.25, 0.3) is 0 Å². The third kappa shape index (κ3) is 11.0. The van der Waals surface area contributed by atoms with Crippen molar-refractivity contribution >= 4 is 0 Å². The third-order valence-electron chi connectivity index (χ3n) is 17.3. The number of rotatable bonds is 16. The van der Waals surface area contributed by atoms with Gasteiger partial charge in [0.1, 0.15) is 24.3 Å². The maximum absolute atomic E-state index is 12.7. The van der Waals surface area contributed by atoms with Crippen molar-refractivity contribution < 1.29 is 62.6 Å². The second-order valence-electron chi connectivity index (χ2n) is 21.5. The molecule has 0 radical (unpaired) electrons. The van der Waals surface area contributed by atoms with Crippen LogP contribution in [-0.2, 0) is 33.9 Å². The van der Waals surface area contributed by atoms with Crippen LogP contribution in [0.3, 0.4) is 0 Å². The average Bonchev–Trinajstić information content (AvgIpc) is 3.38. The predicted molar refractivity (Wildman–Crippen MR) is 275 cm³/mol. The molecule has 70 heavy (non-hydrogen) atoms. The first-order valence-electron chi connectivity index (χ1n) is 25.6. The SMILES string of the molecule is Cc1cccc(C(O)(c2cccc(C)c2)C23CC[N+](CCOCc4ccccc4)(CC2)CC3)c1.Cc1cccc(C(O)(c2cccc(C)c2)C23CC[N+](CCOCc4ccccc4)(CC2)CC3)c1.[Br-].[Br-]. The molecule has 6 heterocycles. The Labute approximate surface area is 440 Å². The smallest absolute Gasteiger partial charge is 0.121 e. The Morgan fingerprint density at radius 3 is 0.929 bits per heavy atom. The number of fused-ring (bicyclic) bond motifs is 6. The quantitative estimate of drug-likeness (QED) is 0.0992. The summed E-state index contributed by atoms with van der Waals surface area (Å²) in [7, 11) is 0. The Hall–Kier alpha value is -3.96. The van der Waals surface area contributed by atoms with Gasteiger partial charge in [0.2, 0.25) is 0 Å². The van der Waals surface area contributed by atoms with Gasteiger partial charge >= 0.3 is 0 Å². The molecule has 6 aromatic carbocycles. The number of ether oxygens (including phenoxy) is 2. The summed E-state index contributed by atoms with van der Waals surface area (Å²) in [6.45, 7) is 20.3. The van der Waals surface area contributed by atoms with E-state index in [0.717, 1.165) is 135 Å². The van der Waals surface area contributed by atoms with Gasteiger partial charge in [-0.05, 0) is 61.1 Å². The number of quaternary nitrogens is 2. The third-order valence-corrected chi connectivity index (χ3v) is 17.3. The molecular weight excluding hydrogens is 996 g/mol. The fourth-order valence-electron chi connectivity index (χ4n) is 13.0. The van der Waals surface area contributed by atoms with Crippen LogP contribution in [0.5, 0.6) is 0 Å².